The van der Waals surface area contributed by atoms with Crippen molar-refractivity contribution in [3.8, 4) is 0 Å². The average molecular weight is 209 g/mol. The number of nitrogens with zero attached hydrogens (tertiary/aromatic N) is 1. The molecule has 0 aromatic carbocycles. The zero-order chi connectivity index (χ0) is 10.4. The van der Waals surface area contributed by atoms with Crippen LogP contribution in [-0.4, -0.2) is 23.8 Å². The van der Waals surface area contributed by atoms with Gasteiger partial charge in [-0.05, 0) is 25.3 Å². The minimum absolute atomic E-state index is 0.0897. The van der Waals surface area contributed by atoms with Crippen molar-refractivity contribution in [2.75, 3.05) is 13.1 Å². The van der Waals surface area contributed by atoms with Gasteiger partial charge in [0.15, 0.2) is 5.78 Å². The summed E-state index contributed by atoms with van der Waals surface area (Å²) in [6.45, 7) is 6.02. The van der Waals surface area contributed by atoms with Gasteiger partial charge in [-0.15, -0.1) is 11.3 Å². The Hall–Kier alpha value is -1.09. The summed E-state index contributed by atoms with van der Waals surface area (Å²) in [6, 6.07) is 3.74. The fraction of sp³-hybridized carbons (Fsp3) is 0.364. The summed E-state index contributed by atoms with van der Waals surface area (Å²) in [7, 11) is 0. The number of allylic oxidation sites excluding steroid dienone is 1. The van der Waals surface area contributed by atoms with Crippen LogP contribution in [0.3, 0.4) is 0 Å². The van der Waals surface area contributed by atoms with Gasteiger partial charge in [0.05, 0.1) is 4.88 Å². The number of carbonyl (C=O) groups is 1. The van der Waals surface area contributed by atoms with Gasteiger partial charge in [0.2, 0.25) is 0 Å². The van der Waals surface area contributed by atoms with Crippen LogP contribution in [0.4, 0.5) is 0 Å². The first-order chi connectivity index (χ1) is 6.77. The van der Waals surface area contributed by atoms with Crippen LogP contribution in [0.15, 0.2) is 29.8 Å². The SMILES string of the molecule is CCN(C=CC(=O)c1cccs1)CC. The molecule has 0 bridgehead atoms. The van der Waals surface area contributed by atoms with E-state index < -0.39 is 0 Å². The summed E-state index contributed by atoms with van der Waals surface area (Å²) in [5.74, 6) is 0.0897. The molecule has 3 heteroatoms. The van der Waals surface area contributed by atoms with E-state index in [-0.39, 0.29) is 5.78 Å². The number of rotatable bonds is 5. The molecule has 0 radical (unpaired) electrons. The fourth-order valence-electron chi connectivity index (χ4n) is 1.11. The number of ketones is 1. The summed E-state index contributed by atoms with van der Waals surface area (Å²) in [4.78, 5) is 14.4. The molecule has 14 heavy (non-hydrogen) atoms. The molecule has 0 aliphatic rings. The van der Waals surface area contributed by atoms with E-state index in [4.69, 9.17) is 0 Å². The lowest BCUT2D eigenvalue weighted by molar-refractivity contribution is 0.104. The normalized spacial score (nSPS) is 10.7. The van der Waals surface area contributed by atoms with Gasteiger partial charge in [-0.25, -0.2) is 0 Å². The van der Waals surface area contributed by atoms with Crippen molar-refractivity contribution in [3.63, 3.8) is 0 Å². The highest BCUT2D eigenvalue weighted by Crippen LogP contribution is 2.09. The molecule has 1 aromatic rings. The van der Waals surface area contributed by atoms with Crippen LogP contribution < -0.4 is 0 Å². The van der Waals surface area contributed by atoms with Crippen LogP contribution in [0.2, 0.25) is 0 Å². The first kappa shape index (κ1) is 11.0. The third-order valence-electron chi connectivity index (χ3n) is 2.01. The second kappa shape index (κ2) is 5.60. The predicted molar refractivity (Wildman–Crippen MR) is 60.7 cm³/mol. The van der Waals surface area contributed by atoms with Gasteiger partial charge in [-0.3, -0.25) is 4.79 Å². The molecule has 0 spiro atoms. The van der Waals surface area contributed by atoms with Crippen molar-refractivity contribution >= 4 is 17.1 Å². The van der Waals surface area contributed by atoms with E-state index in [1.807, 2.05) is 23.7 Å². The highest BCUT2D eigenvalue weighted by Gasteiger charge is 2.01. The van der Waals surface area contributed by atoms with Gasteiger partial charge in [0, 0.05) is 25.4 Å². The number of thiophene rings is 1. The molecule has 0 N–H and O–H groups in total. The van der Waals surface area contributed by atoms with Gasteiger partial charge in [0.1, 0.15) is 0 Å². The maximum absolute atomic E-state index is 11.5. The van der Waals surface area contributed by atoms with Crippen LogP contribution in [0.5, 0.6) is 0 Å². The largest absolute Gasteiger partial charge is 0.378 e. The summed E-state index contributed by atoms with van der Waals surface area (Å²) in [6.07, 6.45) is 3.50. The van der Waals surface area contributed by atoms with Gasteiger partial charge >= 0.3 is 0 Å². The number of carbonyl (C=O) groups excluding carboxylic acids is 1. The maximum atomic E-state index is 11.5. The summed E-state index contributed by atoms with van der Waals surface area (Å²) < 4.78 is 0. The third-order valence-corrected chi connectivity index (χ3v) is 2.90. The van der Waals surface area contributed by atoms with Crippen LogP contribution in [0.25, 0.3) is 0 Å². The van der Waals surface area contributed by atoms with Gasteiger partial charge in [-0.1, -0.05) is 6.07 Å². The summed E-state index contributed by atoms with van der Waals surface area (Å²) >= 11 is 1.48. The third kappa shape index (κ3) is 3.00. The molecule has 0 saturated carbocycles. The number of hydrogen-bond acceptors (Lipinski definition) is 3. The van der Waals surface area contributed by atoms with E-state index in [0.717, 1.165) is 18.0 Å². The van der Waals surface area contributed by atoms with Crippen molar-refractivity contribution in [1.82, 2.24) is 4.90 Å². The molecule has 0 aliphatic carbocycles. The quantitative estimate of drug-likeness (QED) is 0.549. The molecule has 0 fully saturated rings. The highest BCUT2D eigenvalue weighted by molar-refractivity contribution is 7.12. The average Bonchev–Trinajstić information content (AvgIpc) is 2.72. The Bertz CT molecular complexity index is 299. The van der Waals surface area contributed by atoms with Crippen LogP contribution in [0, 0.1) is 0 Å². The van der Waals surface area contributed by atoms with E-state index in [1.54, 1.807) is 6.08 Å². The van der Waals surface area contributed by atoms with E-state index >= 15 is 0 Å². The molecular weight excluding hydrogens is 194 g/mol. The zero-order valence-electron chi connectivity index (χ0n) is 8.56. The minimum atomic E-state index is 0.0897. The Kier molecular flexibility index (Phi) is 4.40. The van der Waals surface area contributed by atoms with Crippen LogP contribution in [0.1, 0.15) is 23.5 Å². The van der Waals surface area contributed by atoms with Crippen molar-refractivity contribution in [2.45, 2.75) is 13.8 Å². The van der Waals surface area contributed by atoms with E-state index in [1.165, 1.54) is 11.3 Å². The molecule has 1 rings (SSSR count). The standard InChI is InChI=1S/C11H15NOS/c1-3-12(4-2)8-7-10(13)11-6-5-9-14-11/h5-9H,3-4H2,1-2H3. The molecule has 76 valence electrons. The molecule has 0 aliphatic heterocycles. The predicted octanol–water partition coefficient (Wildman–Crippen LogP) is 2.79. The molecule has 0 amide bonds. The Labute approximate surface area is 88.9 Å². The Balaban J connectivity index is 2.56. The van der Waals surface area contributed by atoms with Crippen molar-refractivity contribution in [3.05, 3.63) is 34.7 Å². The zero-order valence-corrected chi connectivity index (χ0v) is 9.38. The van der Waals surface area contributed by atoms with E-state index in [2.05, 4.69) is 18.7 Å². The molecule has 0 saturated heterocycles. The maximum Gasteiger partial charge on any atom is 0.197 e. The van der Waals surface area contributed by atoms with E-state index in [0.29, 0.717) is 0 Å². The first-order valence-electron chi connectivity index (χ1n) is 4.78. The molecule has 1 aromatic heterocycles. The minimum Gasteiger partial charge on any atom is -0.378 e. The molecule has 0 unspecified atom stereocenters. The fourth-order valence-corrected chi connectivity index (χ4v) is 1.75. The monoisotopic (exact) mass is 209 g/mol. The Morgan fingerprint density at radius 3 is 2.71 bits per heavy atom. The van der Waals surface area contributed by atoms with Crippen molar-refractivity contribution < 1.29 is 4.79 Å². The van der Waals surface area contributed by atoms with Crippen molar-refractivity contribution in [1.29, 1.82) is 0 Å². The van der Waals surface area contributed by atoms with Crippen molar-refractivity contribution in [2.24, 2.45) is 0 Å². The molecule has 1 heterocycles. The molecule has 2 nitrogen and oxygen atoms in total. The lowest BCUT2D eigenvalue weighted by Crippen LogP contribution is -2.15. The highest BCUT2D eigenvalue weighted by atomic mass is 32.1. The Morgan fingerprint density at radius 1 is 1.50 bits per heavy atom. The molecule has 0 atom stereocenters. The second-order valence-corrected chi connectivity index (χ2v) is 3.83. The lowest BCUT2D eigenvalue weighted by Gasteiger charge is -2.13. The topological polar surface area (TPSA) is 20.3 Å². The van der Waals surface area contributed by atoms with Gasteiger partial charge in [0.25, 0.3) is 0 Å². The Morgan fingerprint density at radius 2 is 2.21 bits per heavy atom. The smallest absolute Gasteiger partial charge is 0.197 e. The molecular formula is C11H15NOS. The van der Waals surface area contributed by atoms with Gasteiger partial charge in [-0.2, -0.15) is 0 Å². The summed E-state index contributed by atoms with van der Waals surface area (Å²) in [5, 5.41) is 1.92. The first-order valence-corrected chi connectivity index (χ1v) is 5.66. The lowest BCUT2D eigenvalue weighted by atomic mass is 10.3. The van der Waals surface area contributed by atoms with Gasteiger partial charge < -0.3 is 4.90 Å². The number of hydrogen-bond donors (Lipinski definition) is 0. The second-order valence-electron chi connectivity index (χ2n) is 2.88. The van der Waals surface area contributed by atoms with E-state index in [9.17, 15) is 4.79 Å². The van der Waals surface area contributed by atoms with Crippen LogP contribution in [-0.2, 0) is 0 Å². The summed E-state index contributed by atoms with van der Waals surface area (Å²) in [5.41, 5.74) is 0. The van der Waals surface area contributed by atoms with Crippen LogP contribution >= 0.6 is 11.3 Å².